The molecular formula is C15H15ClFNS2. The fourth-order valence-corrected chi connectivity index (χ4v) is 4.58. The van der Waals surface area contributed by atoms with E-state index < -0.39 is 0 Å². The minimum Gasteiger partial charge on any atom is -0.303 e. The summed E-state index contributed by atoms with van der Waals surface area (Å²) < 4.78 is 14.3. The van der Waals surface area contributed by atoms with Gasteiger partial charge in [0, 0.05) is 17.0 Å². The average Bonchev–Trinajstić information content (AvgIpc) is 2.86. The standard InChI is InChI=1S/C15H15ClFNS2/c1-9(10-6-15(16)20-8-10)18-13-4-5-19-14-3-2-11(17)7-12(13)14/h2-3,6-9,13,18H,4-5H2,1H3. The van der Waals surface area contributed by atoms with E-state index in [2.05, 4.69) is 17.6 Å². The summed E-state index contributed by atoms with van der Waals surface area (Å²) in [6.45, 7) is 2.12. The van der Waals surface area contributed by atoms with Crippen LogP contribution in [0.5, 0.6) is 0 Å². The van der Waals surface area contributed by atoms with Crippen molar-refractivity contribution in [3.8, 4) is 0 Å². The van der Waals surface area contributed by atoms with Crippen molar-refractivity contribution in [2.45, 2.75) is 30.3 Å². The van der Waals surface area contributed by atoms with E-state index in [1.54, 1.807) is 29.2 Å². The molecule has 2 atom stereocenters. The summed E-state index contributed by atoms with van der Waals surface area (Å²) in [5.74, 6) is 0.900. The van der Waals surface area contributed by atoms with E-state index in [4.69, 9.17) is 11.6 Å². The third-order valence-corrected chi connectivity index (χ3v) is 5.78. The summed E-state index contributed by atoms with van der Waals surface area (Å²) in [4.78, 5) is 1.19. The zero-order chi connectivity index (χ0) is 14.1. The van der Waals surface area contributed by atoms with Crippen LogP contribution in [0.1, 0.15) is 36.6 Å². The molecule has 5 heteroatoms. The summed E-state index contributed by atoms with van der Waals surface area (Å²) in [6, 6.07) is 7.49. The molecule has 0 bridgehead atoms. The summed E-state index contributed by atoms with van der Waals surface area (Å²) in [5, 5.41) is 5.67. The number of thiophene rings is 1. The van der Waals surface area contributed by atoms with Crippen molar-refractivity contribution in [3.63, 3.8) is 0 Å². The Morgan fingerprint density at radius 2 is 2.25 bits per heavy atom. The van der Waals surface area contributed by atoms with E-state index in [-0.39, 0.29) is 17.9 Å². The van der Waals surface area contributed by atoms with Crippen LogP contribution >= 0.6 is 34.7 Å². The molecule has 1 nitrogen and oxygen atoms in total. The molecule has 0 amide bonds. The second-order valence-corrected chi connectivity index (χ2v) is 7.62. The predicted molar refractivity (Wildman–Crippen MR) is 85.4 cm³/mol. The molecule has 1 N–H and O–H groups in total. The van der Waals surface area contributed by atoms with Gasteiger partial charge in [-0.25, -0.2) is 4.39 Å². The Morgan fingerprint density at radius 1 is 1.40 bits per heavy atom. The van der Waals surface area contributed by atoms with Crippen LogP contribution in [0, 0.1) is 5.82 Å². The Morgan fingerprint density at radius 3 is 3.00 bits per heavy atom. The number of thioether (sulfide) groups is 1. The maximum atomic E-state index is 13.5. The molecule has 1 aliphatic rings. The maximum Gasteiger partial charge on any atom is 0.123 e. The summed E-state index contributed by atoms with van der Waals surface area (Å²) in [7, 11) is 0. The van der Waals surface area contributed by atoms with E-state index in [0.29, 0.717) is 0 Å². The van der Waals surface area contributed by atoms with Gasteiger partial charge in [-0.2, -0.15) is 0 Å². The number of halogens is 2. The molecule has 2 heterocycles. The van der Waals surface area contributed by atoms with Crippen LogP contribution in [0.25, 0.3) is 0 Å². The Kier molecular flexibility index (Phi) is 4.36. The second-order valence-electron chi connectivity index (χ2n) is 4.94. The van der Waals surface area contributed by atoms with Gasteiger partial charge >= 0.3 is 0 Å². The minimum atomic E-state index is -0.163. The first-order valence-electron chi connectivity index (χ1n) is 6.55. The van der Waals surface area contributed by atoms with Crippen molar-refractivity contribution < 1.29 is 4.39 Å². The molecule has 0 spiro atoms. The highest BCUT2D eigenvalue weighted by atomic mass is 35.5. The molecular weight excluding hydrogens is 313 g/mol. The number of nitrogens with one attached hydrogen (secondary N) is 1. The van der Waals surface area contributed by atoms with Crippen molar-refractivity contribution in [2.24, 2.45) is 0 Å². The fourth-order valence-electron chi connectivity index (χ4n) is 2.49. The molecule has 2 unspecified atom stereocenters. The highest BCUT2D eigenvalue weighted by Crippen LogP contribution is 2.38. The van der Waals surface area contributed by atoms with Crippen LogP contribution < -0.4 is 5.32 Å². The third-order valence-electron chi connectivity index (χ3n) is 3.55. The molecule has 0 aliphatic carbocycles. The smallest absolute Gasteiger partial charge is 0.123 e. The lowest BCUT2D eigenvalue weighted by Crippen LogP contribution is -2.27. The first kappa shape index (κ1) is 14.4. The summed E-state index contributed by atoms with van der Waals surface area (Å²) >= 11 is 9.33. The van der Waals surface area contributed by atoms with Crippen LogP contribution in [0.4, 0.5) is 4.39 Å². The lowest BCUT2D eigenvalue weighted by atomic mass is 10.0. The van der Waals surface area contributed by atoms with Gasteiger partial charge < -0.3 is 5.32 Å². The van der Waals surface area contributed by atoms with Gasteiger partial charge in [0.2, 0.25) is 0 Å². The molecule has 1 aliphatic heterocycles. The zero-order valence-electron chi connectivity index (χ0n) is 11.0. The molecule has 0 saturated heterocycles. The van der Waals surface area contributed by atoms with Crippen LogP contribution in [-0.2, 0) is 0 Å². The topological polar surface area (TPSA) is 12.0 Å². The van der Waals surface area contributed by atoms with Gasteiger partial charge in [-0.1, -0.05) is 11.6 Å². The number of hydrogen-bond donors (Lipinski definition) is 1. The van der Waals surface area contributed by atoms with Gasteiger partial charge in [-0.05, 0) is 59.9 Å². The van der Waals surface area contributed by atoms with E-state index in [9.17, 15) is 4.39 Å². The third kappa shape index (κ3) is 3.03. The van der Waals surface area contributed by atoms with Crippen molar-refractivity contribution >= 4 is 34.7 Å². The molecule has 0 fully saturated rings. The second kappa shape index (κ2) is 6.06. The van der Waals surface area contributed by atoms with Gasteiger partial charge in [0.15, 0.2) is 0 Å². The minimum absolute atomic E-state index is 0.163. The lowest BCUT2D eigenvalue weighted by Gasteiger charge is -2.28. The van der Waals surface area contributed by atoms with Gasteiger partial charge in [0.25, 0.3) is 0 Å². The van der Waals surface area contributed by atoms with E-state index in [0.717, 1.165) is 22.1 Å². The summed E-state index contributed by atoms with van der Waals surface area (Å²) in [6.07, 6.45) is 1.02. The van der Waals surface area contributed by atoms with Crippen LogP contribution in [-0.4, -0.2) is 5.75 Å². The fraction of sp³-hybridized carbons (Fsp3) is 0.333. The van der Waals surface area contributed by atoms with Crippen molar-refractivity contribution in [3.05, 3.63) is 50.9 Å². The Balaban J connectivity index is 1.80. The van der Waals surface area contributed by atoms with Crippen LogP contribution in [0.15, 0.2) is 34.5 Å². The van der Waals surface area contributed by atoms with Crippen LogP contribution in [0.2, 0.25) is 4.34 Å². The molecule has 106 valence electrons. The summed E-state index contributed by atoms with van der Waals surface area (Å²) in [5.41, 5.74) is 2.27. The Labute approximate surface area is 131 Å². The highest BCUT2D eigenvalue weighted by molar-refractivity contribution is 7.99. The van der Waals surface area contributed by atoms with Crippen molar-refractivity contribution in [1.29, 1.82) is 0 Å². The number of rotatable bonds is 3. The van der Waals surface area contributed by atoms with E-state index in [1.165, 1.54) is 16.5 Å². The first-order chi connectivity index (χ1) is 9.63. The van der Waals surface area contributed by atoms with Gasteiger partial charge in [-0.15, -0.1) is 23.1 Å². The highest BCUT2D eigenvalue weighted by Gasteiger charge is 2.23. The van der Waals surface area contributed by atoms with Gasteiger partial charge in [0.05, 0.1) is 4.34 Å². The largest absolute Gasteiger partial charge is 0.303 e. The normalized spacial score (nSPS) is 19.6. The molecule has 20 heavy (non-hydrogen) atoms. The molecule has 1 aromatic carbocycles. The number of benzene rings is 1. The van der Waals surface area contributed by atoms with Gasteiger partial charge in [-0.3, -0.25) is 0 Å². The average molecular weight is 328 g/mol. The molecule has 0 radical (unpaired) electrons. The Hall–Kier alpha value is -0.550. The predicted octanol–water partition coefficient (Wildman–Crippen LogP) is 5.43. The maximum absolute atomic E-state index is 13.5. The van der Waals surface area contributed by atoms with E-state index in [1.807, 2.05) is 12.1 Å². The molecule has 1 aromatic heterocycles. The van der Waals surface area contributed by atoms with Crippen LogP contribution in [0.3, 0.4) is 0 Å². The van der Waals surface area contributed by atoms with Crippen molar-refractivity contribution in [1.82, 2.24) is 5.32 Å². The Bertz CT molecular complexity index is 614. The monoisotopic (exact) mass is 327 g/mol. The molecule has 2 aromatic rings. The first-order valence-corrected chi connectivity index (χ1v) is 8.80. The van der Waals surface area contributed by atoms with E-state index >= 15 is 0 Å². The lowest BCUT2D eigenvalue weighted by molar-refractivity contribution is 0.448. The SMILES string of the molecule is CC(NC1CCSc2ccc(F)cc21)c1csc(Cl)c1. The zero-order valence-corrected chi connectivity index (χ0v) is 13.4. The van der Waals surface area contributed by atoms with Gasteiger partial charge in [0.1, 0.15) is 5.82 Å². The van der Waals surface area contributed by atoms with Crippen molar-refractivity contribution in [2.75, 3.05) is 5.75 Å². The molecule has 3 rings (SSSR count). The number of fused-ring (bicyclic) bond motifs is 1. The number of hydrogen-bond acceptors (Lipinski definition) is 3. The quantitative estimate of drug-likeness (QED) is 0.806. The molecule has 0 saturated carbocycles.